The molecule has 0 spiro atoms. The fourth-order valence-corrected chi connectivity index (χ4v) is 3.98. The number of benzene rings is 2. The minimum atomic E-state index is -0.424. The van der Waals surface area contributed by atoms with Gasteiger partial charge in [0, 0.05) is 55.9 Å². The van der Waals surface area contributed by atoms with Gasteiger partial charge in [0.2, 0.25) is 0 Å². The summed E-state index contributed by atoms with van der Waals surface area (Å²) in [5.41, 5.74) is 4.13. The number of piperazine rings is 1. The number of fused-ring (bicyclic) bond motifs is 2. The highest BCUT2D eigenvalue weighted by Crippen LogP contribution is 2.30. The number of nitrogens with one attached hydrogen (secondary N) is 2. The molecule has 3 N–H and O–H groups in total. The molecule has 154 valence electrons. The summed E-state index contributed by atoms with van der Waals surface area (Å²) in [4.78, 5) is 23.2. The SMILES string of the molecule is O=[N+]([O-])c1ccc2c(-c3nc4ccc(N5CCN(CCO)CC5)cc4[nH]3)n[nH]c2c1. The Balaban J connectivity index is 1.43. The summed E-state index contributed by atoms with van der Waals surface area (Å²) < 4.78 is 0. The minimum absolute atomic E-state index is 0.0195. The van der Waals surface area contributed by atoms with Crippen LogP contribution in [0.4, 0.5) is 11.4 Å². The first-order valence-electron chi connectivity index (χ1n) is 9.83. The number of nitro groups is 1. The van der Waals surface area contributed by atoms with Crippen LogP contribution in [0, 0.1) is 10.1 Å². The molecule has 10 heteroatoms. The van der Waals surface area contributed by atoms with E-state index in [1.165, 1.54) is 12.1 Å². The Bertz CT molecular complexity index is 1220. The third-order valence-corrected chi connectivity index (χ3v) is 5.60. The Kier molecular flexibility index (Phi) is 4.57. The van der Waals surface area contributed by atoms with Crippen molar-refractivity contribution in [2.45, 2.75) is 0 Å². The van der Waals surface area contributed by atoms with E-state index < -0.39 is 4.92 Å². The summed E-state index contributed by atoms with van der Waals surface area (Å²) in [7, 11) is 0. The molecule has 1 fully saturated rings. The number of aromatic nitrogens is 4. The van der Waals surface area contributed by atoms with Crippen LogP contribution >= 0.6 is 0 Å². The average molecular weight is 407 g/mol. The lowest BCUT2D eigenvalue weighted by molar-refractivity contribution is -0.384. The van der Waals surface area contributed by atoms with Gasteiger partial charge in [-0.2, -0.15) is 5.10 Å². The van der Waals surface area contributed by atoms with Crippen LogP contribution in [0.3, 0.4) is 0 Å². The van der Waals surface area contributed by atoms with E-state index in [0.29, 0.717) is 17.0 Å². The molecule has 30 heavy (non-hydrogen) atoms. The van der Waals surface area contributed by atoms with E-state index >= 15 is 0 Å². The van der Waals surface area contributed by atoms with Gasteiger partial charge in [0.15, 0.2) is 5.82 Å². The van der Waals surface area contributed by atoms with Crippen LogP contribution in [0.2, 0.25) is 0 Å². The van der Waals surface area contributed by atoms with Gasteiger partial charge in [-0.1, -0.05) is 0 Å². The molecule has 10 nitrogen and oxygen atoms in total. The Hall–Kier alpha value is -3.50. The van der Waals surface area contributed by atoms with Gasteiger partial charge in [0.1, 0.15) is 5.69 Å². The predicted octanol–water partition coefficient (Wildman–Crippen LogP) is 2.13. The summed E-state index contributed by atoms with van der Waals surface area (Å²) in [5.74, 6) is 0.620. The van der Waals surface area contributed by atoms with Gasteiger partial charge in [0.25, 0.3) is 5.69 Å². The molecule has 0 bridgehead atoms. The van der Waals surface area contributed by atoms with E-state index in [-0.39, 0.29) is 12.3 Å². The Morgan fingerprint density at radius 2 is 1.93 bits per heavy atom. The van der Waals surface area contributed by atoms with Crippen LogP contribution in [0.25, 0.3) is 33.5 Å². The lowest BCUT2D eigenvalue weighted by atomic mass is 10.2. The van der Waals surface area contributed by atoms with E-state index in [1.54, 1.807) is 6.07 Å². The van der Waals surface area contributed by atoms with Gasteiger partial charge in [-0.05, 0) is 24.3 Å². The highest BCUT2D eigenvalue weighted by molar-refractivity contribution is 5.94. The van der Waals surface area contributed by atoms with E-state index in [9.17, 15) is 10.1 Å². The molecule has 0 unspecified atom stereocenters. The van der Waals surface area contributed by atoms with Gasteiger partial charge >= 0.3 is 0 Å². The number of nitrogens with zero attached hydrogens (tertiary/aromatic N) is 5. The molecule has 0 amide bonds. The molecule has 5 rings (SSSR count). The number of H-pyrrole nitrogens is 2. The van der Waals surface area contributed by atoms with E-state index in [4.69, 9.17) is 5.11 Å². The highest BCUT2D eigenvalue weighted by Gasteiger charge is 2.19. The van der Waals surface area contributed by atoms with E-state index in [2.05, 4.69) is 42.1 Å². The van der Waals surface area contributed by atoms with Crippen molar-refractivity contribution >= 4 is 33.3 Å². The monoisotopic (exact) mass is 407 g/mol. The van der Waals surface area contributed by atoms with Gasteiger partial charge in [-0.25, -0.2) is 4.98 Å². The molecular weight excluding hydrogens is 386 g/mol. The number of rotatable bonds is 5. The van der Waals surface area contributed by atoms with Gasteiger partial charge < -0.3 is 15.0 Å². The van der Waals surface area contributed by atoms with Gasteiger partial charge in [-0.15, -0.1) is 0 Å². The van der Waals surface area contributed by atoms with Crippen molar-refractivity contribution in [2.75, 3.05) is 44.2 Å². The number of hydrogen-bond acceptors (Lipinski definition) is 7. The third kappa shape index (κ3) is 3.25. The molecule has 1 aliphatic heterocycles. The van der Waals surface area contributed by atoms with Crippen LogP contribution in [-0.2, 0) is 0 Å². The largest absolute Gasteiger partial charge is 0.395 e. The van der Waals surface area contributed by atoms with Gasteiger partial charge in [-0.3, -0.25) is 20.1 Å². The van der Waals surface area contributed by atoms with Crippen molar-refractivity contribution < 1.29 is 10.0 Å². The number of hydrogen-bond donors (Lipinski definition) is 3. The molecule has 1 saturated heterocycles. The van der Waals surface area contributed by atoms with Crippen LogP contribution in [-0.4, -0.2) is 74.4 Å². The highest BCUT2D eigenvalue weighted by atomic mass is 16.6. The average Bonchev–Trinajstić information content (AvgIpc) is 3.37. The molecule has 4 aromatic rings. The second-order valence-electron chi connectivity index (χ2n) is 7.40. The molecule has 3 heterocycles. The van der Waals surface area contributed by atoms with E-state index in [1.807, 2.05) is 6.07 Å². The molecule has 0 radical (unpaired) electrons. The number of non-ortho nitro benzene ring substituents is 1. The number of β-amino-alcohol motifs (C(OH)–C–C–N with tert-alkyl or cyclic N) is 1. The minimum Gasteiger partial charge on any atom is -0.395 e. The number of nitro benzene ring substituents is 1. The molecular formula is C20H21N7O3. The normalized spacial score (nSPS) is 15.3. The smallest absolute Gasteiger partial charge is 0.271 e. The Morgan fingerprint density at radius 1 is 1.10 bits per heavy atom. The predicted molar refractivity (Wildman–Crippen MR) is 114 cm³/mol. The molecule has 0 atom stereocenters. The lowest BCUT2D eigenvalue weighted by Crippen LogP contribution is -2.47. The number of aliphatic hydroxyl groups excluding tert-OH is 1. The zero-order valence-corrected chi connectivity index (χ0v) is 16.2. The van der Waals surface area contributed by atoms with Crippen LogP contribution in [0.15, 0.2) is 36.4 Å². The van der Waals surface area contributed by atoms with Crippen molar-refractivity contribution in [1.29, 1.82) is 0 Å². The number of aromatic amines is 2. The Morgan fingerprint density at radius 3 is 2.70 bits per heavy atom. The first kappa shape index (κ1) is 18.5. The molecule has 0 aliphatic carbocycles. The van der Waals surface area contributed by atoms with Crippen molar-refractivity contribution in [3.63, 3.8) is 0 Å². The zero-order chi connectivity index (χ0) is 20.7. The maximum absolute atomic E-state index is 11.0. The first-order chi connectivity index (χ1) is 14.6. The van der Waals surface area contributed by atoms with Crippen molar-refractivity contribution in [3.05, 3.63) is 46.5 Å². The number of aliphatic hydroxyl groups is 1. The number of imidazole rings is 1. The second kappa shape index (κ2) is 7.39. The second-order valence-corrected chi connectivity index (χ2v) is 7.40. The maximum Gasteiger partial charge on any atom is 0.271 e. The number of anilines is 1. The Labute approximate surface area is 171 Å². The summed E-state index contributed by atoms with van der Waals surface area (Å²) in [6.45, 7) is 4.59. The molecule has 2 aromatic heterocycles. The summed E-state index contributed by atoms with van der Waals surface area (Å²) in [5, 5.41) is 28.0. The summed E-state index contributed by atoms with van der Waals surface area (Å²) in [6, 6.07) is 10.8. The topological polar surface area (TPSA) is 127 Å². The molecule has 0 saturated carbocycles. The van der Waals surface area contributed by atoms with Gasteiger partial charge in [0.05, 0.1) is 28.1 Å². The standard InChI is InChI=1S/C20H21N7O3/c28-10-9-25-5-7-26(8-6-25)13-2-4-16-18(11-13)22-20(21-16)19-15-3-1-14(27(29)30)12-17(15)23-24-19/h1-4,11-12,28H,5-10H2,(H,21,22)(H,23,24). The zero-order valence-electron chi connectivity index (χ0n) is 16.2. The van der Waals surface area contributed by atoms with Crippen molar-refractivity contribution in [3.8, 4) is 11.5 Å². The van der Waals surface area contributed by atoms with Crippen molar-refractivity contribution in [1.82, 2.24) is 25.1 Å². The molecule has 2 aromatic carbocycles. The summed E-state index contributed by atoms with van der Waals surface area (Å²) in [6.07, 6.45) is 0. The van der Waals surface area contributed by atoms with Crippen LogP contribution < -0.4 is 4.90 Å². The fourth-order valence-electron chi connectivity index (χ4n) is 3.98. The van der Waals surface area contributed by atoms with Crippen LogP contribution in [0.1, 0.15) is 0 Å². The first-order valence-corrected chi connectivity index (χ1v) is 9.83. The quantitative estimate of drug-likeness (QED) is 0.342. The summed E-state index contributed by atoms with van der Waals surface area (Å²) >= 11 is 0. The third-order valence-electron chi connectivity index (χ3n) is 5.60. The van der Waals surface area contributed by atoms with E-state index in [0.717, 1.165) is 54.8 Å². The van der Waals surface area contributed by atoms with Crippen LogP contribution in [0.5, 0.6) is 0 Å². The lowest BCUT2D eigenvalue weighted by Gasteiger charge is -2.35. The van der Waals surface area contributed by atoms with Crippen molar-refractivity contribution in [2.24, 2.45) is 0 Å². The molecule has 1 aliphatic rings. The maximum atomic E-state index is 11.0. The fraction of sp³-hybridized carbons (Fsp3) is 0.300.